The SMILES string of the molecule is O=C(O)C(=O)C(=O)NC1CCCOC1. The van der Waals surface area contributed by atoms with Crippen LogP contribution >= 0.6 is 0 Å². The molecule has 0 aromatic carbocycles. The van der Waals surface area contributed by atoms with Gasteiger partial charge in [0.25, 0.3) is 5.91 Å². The molecule has 1 unspecified atom stereocenters. The molecule has 0 aliphatic carbocycles. The fourth-order valence-electron chi connectivity index (χ4n) is 1.20. The van der Waals surface area contributed by atoms with Crippen molar-refractivity contribution in [2.24, 2.45) is 0 Å². The molecule has 78 valence electrons. The van der Waals surface area contributed by atoms with Crippen LogP contribution in [0.1, 0.15) is 12.8 Å². The summed E-state index contributed by atoms with van der Waals surface area (Å²) in [4.78, 5) is 31.8. The van der Waals surface area contributed by atoms with Gasteiger partial charge in [0.1, 0.15) is 0 Å². The van der Waals surface area contributed by atoms with Crippen molar-refractivity contribution >= 4 is 17.7 Å². The topological polar surface area (TPSA) is 92.7 Å². The van der Waals surface area contributed by atoms with Crippen LogP contribution in [0.5, 0.6) is 0 Å². The highest BCUT2D eigenvalue weighted by Gasteiger charge is 2.25. The maximum Gasteiger partial charge on any atom is 0.382 e. The van der Waals surface area contributed by atoms with E-state index in [4.69, 9.17) is 9.84 Å². The first-order valence-electron chi connectivity index (χ1n) is 4.27. The number of amides is 1. The Morgan fingerprint density at radius 1 is 1.36 bits per heavy atom. The van der Waals surface area contributed by atoms with Gasteiger partial charge in [0.15, 0.2) is 0 Å². The van der Waals surface area contributed by atoms with E-state index in [1.807, 2.05) is 0 Å². The molecular formula is C8H11NO5. The van der Waals surface area contributed by atoms with E-state index in [2.05, 4.69) is 5.32 Å². The molecule has 1 heterocycles. The van der Waals surface area contributed by atoms with Crippen molar-refractivity contribution in [2.45, 2.75) is 18.9 Å². The molecule has 1 amide bonds. The normalized spacial score (nSPS) is 21.3. The van der Waals surface area contributed by atoms with E-state index in [1.165, 1.54) is 0 Å². The molecule has 1 saturated heterocycles. The summed E-state index contributed by atoms with van der Waals surface area (Å²) in [5.74, 6) is -4.25. The molecule has 6 heteroatoms. The van der Waals surface area contributed by atoms with Crippen molar-refractivity contribution in [2.75, 3.05) is 13.2 Å². The number of carboxylic acids is 1. The van der Waals surface area contributed by atoms with Crippen LogP contribution in [0.25, 0.3) is 0 Å². The van der Waals surface area contributed by atoms with Gasteiger partial charge in [0.05, 0.1) is 12.6 Å². The monoisotopic (exact) mass is 201 g/mol. The molecular weight excluding hydrogens is 190 g/mol. The minimum absolute atomic E-state index is 0.250. The standard InChI is InChI=1S/C8H11NO5/c10-6(8(12)13)7(11)9-5-2-1-3-14-4-5/h5H,1-4H2,(H,9,11)(H,12,13). The Morgan fingerprint density at radius 2 is 2.07 bits per heavy atom. The highest BCUT2D eigenvalue weighted by molar-refractivity contribution is 6.61. The molecule has 0 bridgehead atoms. The zero-order valence-electron chi connectivity index (χ0n) is 7.49. The van der Waals surface area contributed by atoms with Gasteiger partial charge in [-0.3, -0.25) is 9.59 Å². The molecule has 1 aliphatic rings. The lowest BCUT2D eigenvalue weighted by Gasteiger charge is -2.22. The average molecular weight is 201 g/mol. The van der Waals surface area contributed by atoms with E-state index >= 15 is 0 Å². The number of hydrogen-bond donors (Lipinski definition) is 2. The lowest BCUT2D eigenvalue weighted by Crippen LogP contribution is -2.45. The summed E-state index contributed by atoms with van der Waals surface area (Å²) in [5, 5.41) is 10.5. The molecule has 1 rings (SSSR count). The third-order valence-corrected chi connectivity index (χ3v) is 1.90. The smallest absolute Gasteiger partial charge is 0.382 e. The number of ether oxygens (including phenoxy) is 1. The Morgan fingerprint density at radius 3 is 2.57 bits per heavy atom. The van der Waals surface area contributed by atoms with Crippen LogP contribution in [0.15, 0.2) is 0 Å². The van der Waals surface area contributed by atoms with Crippen molar-refractivity contribution < 1.29 is 24.2 Å². The lowest BCUT2D eigenvalue weighted by atomic mass is 10.1. The van der Waals surface area contributed by atoms with Crippen molar-refractivity contribution in [3.63, 3.8) is 0 Å². The molecule has 0 spiro atoms. The predicted octanol–water partition coefficient (Wildman–Crippen LogP) is -1.06. The van der Waals surface area contributed by atoms with E-state index in [1.54, 1.807) is 0 Å². The number of carbonyl (C=O) groups is 3. The second-order valence-electron chi connectivity index (χ2n) is 3.02. The Labute approximate surface area is 80.2 Å². The predicted molar refractivity (Wildman–Crippen MR) is 44.6 cm³/mol. The zero-order chi connectivity index (χ0) is 10.6. The summed E-state index contributed by atoms with van der Waals surface area (Å²) in [6.07, 6.45) is 1.50. The Kier molecular flexibility index (Phi) is 3.58. The first-order valence-corrected chi connectivity index (χ1v) is 4.27. The zero-order valence-corrected chi connectivity index (χ0v) is 7.49. The van der Waals surface area contributed by atoms with Crippen LogP contribution in [-0.2, 0) is 19.1 Å². The number of Topliss-reactive ketones (excluding diaryl/α,β-unsaturated/α-hetero) is 1. The van der Waals surface area contributed by atoms with Crippen molar-refractivity contribution in [3.8, 4) is 0 Å². The van der Waals surface area contributed by atoms with E-state index in [-0.39, 0.29) is 6.04 Å². The second-order valence-corrected chi connectivity index (χ2v) is 3.02. The molecule has 14 heavy (non-hydrogen) atoms. The fourth-order valence-corrected chi connectivity index (χ4v) is 1.20. The van der Waals surface area contributed by atoms with Crippen molar-refractivity contribution in [1.29, 1.82) is 0 Å². The molecule has 6 nitrogen and oxygen atoms in total. The number of aliphatic carboxylic acids is 1. The van der Waals surface area contributed by atoms with Crippen LogP contribution < -0.4 is 5.32 Å². The van der Waals surface area contributed by atoms with Gasteiger partial charge in [-0.15, -0.1) is 0 Å². The van der Waals surface area contributed by atoms with Gasteiger partial charge in [-0.05, 0) is 12.8 Å². The first-order chi connectivity index (χ1) is 6.61. The first kappa shape index (κ1) is 10.6. The molecule has 0 aromatic heterocycles. The highest BCUT2D eigenvalue weighted by atomic mass is 16.5. The van der Waals surface area contributed by atoms with Gasteiger partial charge in [0.2, 0.25) is 0 Å². The Balaban J connectivity index is 2.39. The third kappa shape index (κ3) is 2.81. The highest BCUT2D eigenvalue weighted by Crippen LogP contribution is 2.05. The fraction of sp³-hybridized carbons (Fsp3) is 0.625. The van der Waals surface area contributed by atoms with Gasteiger partial charge < -0.3 is 15.2 Å². The summed E-state index contributed by atoms with van der Waals surface area (Å²) < 4.78 is 5.05. The van der Waals surface area contributed by atoms with Crippen LogP contribution in [-0.4, -0.2) is 42.0 Å². The molecule has 0 aromatic rings. The largest absolute Gasteiger partial charge is 0.475 e. The summed E-state index contributed by atoms with van der Waals surface area (Å²) in [7, 11) is 0. The summed E-state index contributed by atoms with van der Waals surface area (Å²) in [6.45, 7) is 0.970. The molecule has 1 fully saturated rings. The van der Waals surface area contributed by atoms with E-state index in [9.17, 15) is 14.4 Å². The number of nitrogens with one attached hydrogen (secondary N) is 1. The number of ketones is 1. The number of rotatable bonds is 3. The van der Waals surface area contributed by atoms with Gasteiger partial charge in [-0.2, -0.15) is 0 Å². The average Bonchev–Trinajstić information content (AvgIpc) is 2.18. The minimum atomic E-state index is -1.74. The lowest BCUT2D eigenvalue weighted by molar-refractivity contribution is -0.153. The second kappa shape index (κ2) is 4.71. The van der Waals surface area contributed by atoms with Crippen molar-refractivity contribution in [3.05, 3.63) is 0 Å². The Bertz CT molecular complexity index is 256. The van der Waals surface area contributed by atoms with Crippen LogP contribution in [0.4, 0.5) is 0 Å². The summed E-state index contributed by atoms with van der Waals surface area (Å²) >= 11 is 0. The van der Waals surface area contributed by atoms with Gasteiger partial charge in [0, 0.05) is 6.61 Å². The maximum atomic E-state index is 11.0. The van der Waals surface area contributed by atoms with Crippen LogP contribution in [0.3, 0.4) is 0 Å². The van der Waals surface area contributed by atoms with E-state index < -0.39 is 17.7 Å². The quantitative estimate of drug-likeness (QED) is 0.448. The van der Waals surface area contributed by atoms with E-state index in [0.29, 0.717) is 19.6 Å². The number of carbonyl (C=O) groups excluding carboxylic acids is 2. The number of carboxylic acid groups (broad SMARTS) is 1. The molecule has 0 saturated carbocycles. The van der Waals surface area contributed by atoms with Crippen LogP contribution in [0, 0.1) is 0 Å². The summed E-state index contributed by atoms with van der Waals surface area (Å²) in [5.41, 5.74) is 0. The van der Waals surface area contributed by atoms with Gasteiger partial charge in [-0.1, -0.05) is 0 Å². The van der Waals surface area contributed by atoms with Crippen LogP contribution in [0.2, 0.25) is 0 Å². The maximum absolute atomic E-state index is 11.0. The molecule has 1 atom stereocenters. The molecule has 2 N–H and O–H groups in total. The third-order valence-electron chi connectivity index (χ3n) is 1.90. The molecule has 1 aliphatic heterocycles. The minimum Gasteiger partial charge on any atom is -0.475 e. The van der Waals surface area contributed by atoms with Crippen molar-refractivity contribution in [1.82, 2.24) is 5.32 Å². The Hall–Kier alpha value is -1.43. The number of hydrogen-bond acceptors (Lipinski definition) is 4. The van der Waals surface area contributed by atoms with Gasteiger partial charge in [-0.25, -0.2) is 4.79 Å². The summed E-state index contributed by atoms with van der Waals surface area (Å²) in [6, 6.07) is -0.250. The molecule has 0 radical (unpaired) electrons. The van der Waals surface area contributed by atoms with Gasteiger partial charge >= 0.3 is 11.8 Å². The van der Waals surface area contributed by atoms with E-state index in [0.717, 1.165) is 6.42 Å².